The van der Waals surface area contributed by atoms with Gasteiger partial charge in [-0.2, -0.15) is 0 Å². The smallest absolute Gasteiger partial charge is 0.262 e. The number of furan rings is 1. The lowest BCUT2D eigenvalue weighted by atomic mass is 10.1. The second-order valence-electron chi connectivity index (χ2n) is 7.76. The zero-order valence-electron chi connectivity index (χ0n) is 18.7. The summed E-state index contributed by atoms with van der Waals surface area (Å²) in [5.41, 5.74) is 1.31. The average Bonchev–Trinajstić information content (AvgIpc) is 3.52. The second kappa shape index (κ2) is 10.6. The van der Waals surface area contributed by atoms with Gasteiger partial charge >= 0.3 is 0 Å². The van der Waals surface area contributed by atoms with Crippen molar-refractivity contribution >= 4 is 29.1 Å². The van der Waals surface area contributed by atoms with E-state index < -0.39 is 5.92 Å². The number of methoxy groups -OCH3 is 1. The number of ether oxygens (including phenoxy) is 2. The summed E-state index contributed by atoms with van der Waals surface area (Å²) in [6.07, 6.45) is 1.69. The van der Waals surface area contributed by atoms with Crippen molar-refractivity contribution in [3.05, 3.63) is 72.7 Å². The summed E-state index contributed by atoms with van der Waals surface area (Å²) in [6, 6.07) is 17.4. The van der Waals surface area contributed by atoms with Crippen LogP contribution in [0.3, 0.4) is 0 Å². The molecule has 9 heteroatoms. The van der Waals surface area contributed by atoms with Crippen molar-refractivity contribution in [3.8, 4) is 11.5 Å². The van der Waals surface area contributed by atoms with E-state index in [4.69, 9.17) is 13.9 Å². The van der Waals surface area contributed by atoms with Crippen LogP contribution < -0.4 is 25.0 Å². The largest absolute Gasteiger partial charge is 0.497 e. The molecule has 0 unspecified atom stereocenters. The highest BCUT2D eigenvalue weighted by Crippen LogP contribution is 2.27. The molecule has 2 heterocycles. The van der Waals surface area contributed by atoms with Crippen molar-refractivity contribution < 1.29 is 28.3 Å². The van der Waals surface area contributed by atoms with Crippen molar-refractivity contribution in [3.63, 3.8) is 0 Å². The van der Waals surface area contributed by atoms with Gasteiger partial charge in [-0.3, -0.25) is 14.4 Å². The maximum atomic E-state index is 12.5. The Balaban J connectivity index is 1.25. The Kier molecular flexibility index (Phi) is 7.12. The third-order valence-corrected chi connectivity index (χ3v) is 5.40. The molecule has 1 saturated heterocycles. The summed E-state index contributed by atoms with van der Waals surface area (Å²) in [4.78, 5) is 38.6. The van der Waals surface area contributed by atoms with E-state index in [0.717, 1.165) is 0 Å². The quantitative estimate of drug-likeness (QED) is 0.505. The SMILES string of the molecule is COc1ccc(NC(=O)COc2ccc(N3C[C@@H](C(=O)NCc4ccco4)CC3=O)cc2)cc1. The highest BCUT2D eigenvalue weighted by atomic mass is 16.5. The zero-order valence-corrected chi connectivity index (χ0v) is 18.7. The minimum atomic E-state index is -0.431. The lowest BCUT2D eigenvalue weighted by molar-refractivity contribution is -0.126. The molecule has 1 fully saturated rings. The van der Waals surface area contributed by atoms with Crippen molar-refractivity contribution in [2.75, 3.05) is 30.5 Å². The van der Waals surface area contributed by atoms with Gasteiger partial charge in [0.1, 0.15) is 17.3 Å². The number of hydrogen-bond donors (Lipinski definition) is 2. The highest BCUT2D eigenvalue weighted by molar-refractivity contribution is 6.00. The summed E-state index contributed by atoms with van der Waals surface area (Å²) < 4.78 is 15.8. The van der Waals surface area contributed by atoms with E-state index in [2.05, 4.69) is 10.6 Å². The van der Waals surface area contributed by atoms with Crippen LogP contribution in [0, 0.1) is 5.92 Å². The Morgan fingerprint density at radius 2 is 1.79 bits per heavy atom. The molecular weight excluding hydrogens is 438 g/mol. The Morgan fingerprint density at radius 3 is 2.47 bits per heavy atom. The molecule has 0 aliphatic carbocycles. The van der Waals surface area contributed by atoms with Crippen molar-refractivity contribution in [1.29, 1.82) is 0 Å². The third kappa shape index (κ3) is 5.74. The summed E-state index contributed by atoms with van der Waals surface area (Å²) in [6.45, 7) is 0.424. The summed E-state index contributed by atoms with van der Waals surface area (Å²) >= 11 is 0. The van der Waals surface area contributed by atoms with E-state index in [1.165, 1.54) is 0 Å². The molecule has 3 amide bonds. The van der Waals surface area contributed by atoms with Crippen molar-refractivity contribution in [2.24, 2.45) is 5.92 Å². The lowest BCUT2D eigenvalue weighted by Crippen LogP contribution is -2.32. The molecule has 34 heavy (non-hydrogen) atoms. The molecule has 2 N–H and O–H groups in total. The first-order chi connectivity index (χ1) is 16.5. The second-order valence-corrected chi connectivity index (χ2v) is 7.76. The van der Waals surface area contributed by atoms with Crippen LogP contribution >= 0.6 is 0 Å². The monoisotopic (exact) mass is 463 g/mol. The van der Waals surface area contributed by atoms with Gasteiger partial charge in [0.05, 0.1) is 25.8 Å². The highest BCUT2D eigenvalue weighted by Gasteiger charge is 2.35. The van der Waals surface area contributed by atoms with Gasteiger partial charge < -0.3 is 29.4 Å². The van der Waals surface area contributed by atoms with Crippen LogP contribution in [0.2, 0.25) is 0 Å². The molecule has 0 radical (unpaired) electrons. The molecular formula is C25H25N3O6. The molecule has 3 aromatic rings. The first kappa shape index (κ1) is 22.9. The maximum absolute atomic E-state index is 12.5. The Hall–Kier alpha value is -4.27. The van der Waals surface area contributed by atoms with E-state index >= 15 is 0 Å². The number of anilines is 2. The van der Waals surface area contributed by atoms with E-state index in [1.54, 1.807) is 78.9 Å². The Bertz CT molecular complexity index is 1130. The number of nitrogens with zero attached hydrogens (tertiary/aromatic N) is 1. The van der Waals surface area contributed by atoms with Gasteiger partial charge in [-0.25, -0.2) is 0 Å². The van der Waals surface area contributed by atoms with Gasteiger partial charge in [-0.15, -0.1) is 0 Å². The molecule has 2 aromatic carbocycles. The summed E-state index contributed by atoms with van der Waals surface area (Å²) in [7, 11) is 1.57. The zero-order chi connectivity index (χ0) is 23.9. The van der Waals surface area contributed by atoms with E-state index in [-0.39, 0.29) is 37.3 Å². The van der Waals surface area contributed by atoms with Crippen LogP contribution in [0.25, 0.3) is 0 Å². The number of rotatable bonds is 9. The molecule has 1 aliphatic rings. The molecule has 0 spiro atoms. The Morgan fingerprint density at radius 1 is 1.06 bits per heavy atom. The van der Waals surface area contributed by atoms with Crippen molar-refractivity contribution in [2.45, 2.75) is 13.0 Å². The predicted molar refractivity (Wildman–Crippen MR) is 125 cm³/mol. The molecule has 1 aromatic heterocycles. The summed E-state index contributed by atoms with van der Waals surface area (Å²) in [5.74, 6) is 0.815. The fourth-order valence-electron chi connectivity index (χ4n) is 3.61. The Labute approximate surface area is 196 Å². The number of carbonyl (C=O) groups is 3. The fourth-order valence-corrected chi connectivity index (χ4v) is 3.61. The maximum Gasteiger partial charge on any atom is 0.262 e. The standard InChI is InChI=1S/C25H25N3O6/c1-32-20-8-4-18(5-9-20)27-23(29)16-34-21-10-6-19(7-11-21)28-15-17(13-24(28)30)25(31)26-14-22-3-2-12-33-22/h2-12,17H,13-16H2,1H3,(H,26,31)(H,27,29)/t17-/m0/s1. The van der Waals surface area contributed by atoms with E-state index in [0.29, 0.717) is 35.2 Å². The molecule has 176 valence electrons. The number of carbonyl (C=O) groups excluding carboxylic acids is 3. The first-order valence-electron chi connectivity index (χ1n) is 10.8. The number of benzene rings is 2. The lowest BCUT2D eigenvalue weighted by Gasteiger charge is -2.17. The molecule has 4 rings (SSSR count). The van der Waals surface area contributed by atoms with Crippen LogP contribution in [0.4, 0.5) is 11.4 Å². The fraction of sp³-hybridized carbons (Fsp3) is 0.240. The van der Waals surface area contributed by atoms with Gasteiger partial charge in [-0.1, -0.05) is 0 Å². The molecule has 0 saturated carbocycles. The molecule has 0 bridgehead atoms. The van der Waals surface area contributed by atoms with Gasteiger partial charge in [0.2, 0.25) is 11.8 Å². The summed E-state index contributed by atoms with van der Waals surface area (Å²) in [5, 5.41) is 5.55. The molecule has 1 atom stereocenters. The van der Waals surface area contributed by atoms with Gasteiger partial charge in [0, 0.05) is 24.3 Å². The topological polar surface area (TPSA) is 110 Å². The van der Waals surface area contributed by atoms with E-state index in [9.17, 15) is 14.4 Å². The van der Waals surface area contributed by atoms with Crippen LogP contribution in [0.5, 0.6) is 11.5 Å². The normalized spacial score (nSPS) is 15.1. The number of nitrogens with one attached hydrogen (secondary N) is 2. The van der Waals surface area contributed by atoms with Gasteiger partial charge in [0.15, 0.2) is 6.61 Å². The first-order valence-corrected chi connectivity index (χ1v) is 10.8. The van der Waals surface area contributed by atoms with Crippen LogP contribution in [0.15, 0.2) is 71.3 Å². The van der Waals surface area contributed by atoms with E-state index in [1.807, 2.05) is 0 Å². The van der Waals surface area contributed by atoms with Crippen LogP contribution in [-0.2, 0) is 20.9 Å². The van der Waals surface area contributed by atoms with Gasteiger partial charge in [0.25, 0.3) is 5.91 Å². The molecule has 9 nitrogen and oxygen atoms in total. The number of amides is 3. The van der Waals surface area contributed by atoms with Gasteiger partial charge in [-0.05, 0) is 60.7 Å². The van der Waals surface area contributed by atoms with Crippen molar-refractivity contribution in [1.82, 2.24) is 5.32 Å². The average molecular weight is 463 g/mol. The number of hydrogen-bond acceptors (Lipinski definition) is 6. The van der Waals surface area contributed by atoms with Crippen LogP contribution in [-0.4, -0.2) is 38.0 Å². The molecule has 1 aliphatic heterocycles. The van der Waals surface area contributed by atoms with Crippen LogP contribution in [0.1, 0.15) is 12.2 Å². The third-order valence-electron chi connectivity index (χ3n) is 5.40. The minimum absolute atomic E-state index is 0.120. The predicted octanol–water partition coefficient (Wildman–Crippen LogP) is 2.98. The minimum Gasteiger partial charge on any atom is -0.497 e.